The van der Waals surface area contributed by atoms with Gasteiger partial charge in [-0.15, -0.1) is 10.2 Å². The predicted octanol–water partition coefficient (Wildman–Crippen LogP) is 0.432. The monoisotopic (exact) mass is 497 g/mol. The van der Waals surface area contributed by atoms with Crippen molar-refractivity contribution in [2.45, 2.75) is 6.42 Å². The Kier molecular flexibility index (Phi) is 7.28. The fraction of sp³-hybridized carbons (Fsp3) is 0.520. The van der Waals surface area contributed by atoms with Crippen LogP contribution in [-0.2, 0) is 9.59 Å². The molecule has 1 atom stereocenters. The van der Waals surface area contributed by atoms with Gasteiger partial charge in [0.25, 0.3) is 0 Å². The number of amides is 2. The number of hydrogen-bond donors (Lipinski definition) is 1. The van der Waals surface area contributed by atoms with Gasteiger partial charge in [0.2, 0.25) is 11.8 Å². The van der Waals surface area contributed by atoms with Crippen molar-refractivity contribution in [2.24, 2.45) is 5.92 Å². The van der Waals surface area contributed by atoms with Crippen LogP contribution in [0, 0.1) is 11.7 Å². The summed E-state index contributed by atoms with van der Waals surface area (Å²) in [5.41, 5.74) is 0.621. The van der Waals surface area contributed by atoms with Crippen molar-refractivity contribution >= 4 is 29.1 Å². The number of carbonyl (C=O) groups is 2. The first-order valence-corrected chi connectivity index (χ1v) is 12.5. The molecule has 0 spiro atoms. The lowest BCUT2D eigenvalue weighted by molar-refractivity contribution is -0.136. The van der Waals surface area contributed by atoms with Crippen LogP contribution in [0.15, 0.2) is 36.4 Å². The Morgan fingerprint density at radius 3 is 2.03 bits per heavy atom. The van der Waals surface area contributed by atoms with Gasteiger partial charge in [0, 0.05) is 77.6 Å². The van der Waals surface area contributed by atoms with E-state index in [2.05, 4.69) is 24.9 Å². The van der Waals surface area contributed by atoms with Gasteiger partial charge in [0.15, 0.2) is 11.6 Å². The zero-order valence-corrected chi connectivity index (χ0v) is 20.3. The molecule has 3 aliphatic rings. The van der Waals surface area contributed by atoms with Crippen molar-refractivity contribution in [2.75, 3.05) is 86.8 Å². The molecule has 2 aromatic rings. The Morgan fingerprint density at radius 2 is 1.47 bits per heavy atom. The summed E-state index contributed by atoms with van der Waals surface area (Å²) >= 11 is 0. The molecule has 1 unspecified atom stereocenters. The highest BCUT2D eigenvalue weighted by Crippen LogP contribution is 2.27. The van der Waals surface area contributed by atoms with E-state index in [9.17, 15) is 14.0 Å². The van der Waals surface area contributed by atoms with Crippen LogP contribution in [-0.4, -0.2) is 109 Å². The highest BCUT2D eigenvalue weighted by Gasteiger charge is 2.38. The average molecular weight is 498 g/mol. The molecule has 36 heavy (non-hydrogen) atoms. The topological polar surface area (TPSA) is 96.4 Å². The van der Waals surface area contributed by atoms with Crippen LogP contribution < -0.4 is 14.7 Å². The van der Waals surface area contributed by atoms with Crippen molar-refractivity contribution in [3.63, 3.8) is 0 Å². The van der Waals surface area contributed by atoms with E-state index in [1.54, 1.807) is 17.0 Å². The molecule has 192 valence electrons. The number of piperazine rings is 2. The number of β-amino-alcohol motifs (C(OH)–C–C–N with tert-alkyl or cyclic N) is 1. The molecule has 1 aromatic heterocycles. The van der Waals surface area contributed by atoms with Gasteiger partial charge in [-0.1, -0.05) is 0 Å². The molecule has 3 aliphatic heterocycles. The number of aliphatic hydroxyl groups excluding tert-OH is 1. The number of hydrogen-bond acceptors (Lipinski definition) is 8. The summed E-state index contributed by atoms with van der Waals surface area (Å²) in [6.07, 6.45) is 0.178. The molecule has 0 aliphatic carbocycles. The molecule has 10 nitrogen and oxygen atoms in total. The lowest BCUT2D eigenvalue weighted by Crippen LogP contribution is -2.51. The molecule has 1 N–H and O–H groups in total. The number of halogens is 1. The summed E-state index contributed by atoms with van der Waals surface area (Å²) in [6, 6.07) is 9.77. The minimum Gasteiger partial charge on any atom is -0.395 e. The Balaban J connectivity index is 1.12. The Morgan fingerprint density at radius 1 is 0.889 bits per heavy atom. The van der Waals surface area contributed by atoms with Crippen LogP contribution >= 0.6 is 0 Å². The average Bonchev–Trinajstić information content (AvgIpc) is 3.31. The molecule has 3 saturated heterocycles. The van der Waals surface area contributed by atoms with E-state index in [1.807, 2.05) is 17.0 Å². The number of benzene rings is 1. The molecule has 0 bridgehead atoms. The van der Waals surface area contributed by atoms with Crippen molar-refractivity contribution in [1.82, 2.24) is 20.0 Å². The second-order valence-corrected chi connectivity index (χ2v) is 9.50. The minimum atomic E-state index is -0.383. The van der Waals surface area contributed by atoms with Gasteiger partial charge in [0.1, 0.15) is 5.82 Å². The lowest BCUT2D eigenvalue weighted by atomic mass is 10.1. The molecular weight excluding hydrogens is 465 g/mol. The van der Waals surface area contributed by atoms with Crippen molar-refractivity contribution in [1.29, 1.82) is 0 Å². The van der Waals surface area contributed by atoms with Gasteiger partial charge in [-0.3, -0.25) is 14.5 Å². The zero-order chi connectivity index (χ0) is 25.1. The summed E-state index contributed by atoms with van der Waals surface area (Å²) < 4.78 is 13.2. The molecule has 1 aromatic carbocycles. The van der Waals surface area contributed by atoms with E-state index in [1.165, 1.54) is 12.1 Å². The largest absolute Gasteiger partial charge is 0.395 e. The SMILES string of the molecule is O=C(C1CC(=O)N(c2ccc(F)cc2)C1)N1CCN(c2ccc(N3CCN(CCO)CC3)nn2)CC1. The Labute approximate surface area is 209 Å². The van der Waals surface area contributed by atoms with Crippen LogP contribution in [0.5, 0.6) is 0 Å². The summed E-state index contributed by atoms with van der Waals surface area (Å²) in [4.78, 5) is 35.6. The van der Waals surface area contributed by atoms with E-state index in [4.69, 9.17) is 5.11 Å². The van der Waals surface area contributed by atoms with Crippen LogP contribution in [0.4, 0.5) is 21.7 Å². The lowest BCUT2D eigenvalue weighted by Gasteiger charge is -2.37. The first-order valence-electron chi connectivity index (χ1n) is 12.5. The molecule has 0 saturated carbocycles. The number of anilines is 3. The molecule has 2 amide bonds. The minimum absolute atomic E-state index is 0.00520. The number of aromatic nitrogens is 2. The first-order chi connectivity index (χ1) is 17.5. The highest BCUT2D eigenvalue weighted by atomic mass is 19.1. The van der Waals surface area contributed by atoms with E-state index in [0.717, 1.165) is 37.8 Å². The third-order valence-corrected chi connectivity index (χ3v) is 7.28. The maximum Gasteiger partial charge on any atom is 0.228 e. The predicted molar refractivity (Wildman–Crippen MR) is 133 cm³/mol. The molecule has 5 rings (SSSR count). The Bertz CT molecular complexity index is 1050. The number of carbonyl (C=O) groups excluding carboxylic acids is 2. The summed E-state index contributed by atoms with van der Waals surface area (Å²) in [7, 11) is 0. The van der Waals surface area contributed by atoms with Crippen molar-refractivity contribution in [3.05, 3.63) is 42.2 Å². The fourth-order valence-corrected chi connectivity index (χ4v) is 5.16. The number of rotatable bonds is 6. The van der Waals surface area contributed by atoms with E-state index < -0.39 is 0 Å². The number of aliphatic hydroxyl groups is 1. The van der Waals surface area contributed by atoms with Crippen LogP contribution in [0.3, 0.4) is 0 Å². The van der Waals surface area contributed by atoms with Gasteiger partial charge in [0.05, 0.1) is 12.5 Å². The smallest absolute Gasteiger partial charge is 0.228 e. The molecule has 4 heterocycles. The van der Waals surface area contributed by atoms with Gasteiger partial charge < -0.3 is 24.7 Å². The van der Waals surface area contributed by atoms with Crippen LogP contribution in [0.25, 0.3) is 0 Å². The van der Waals surface area contributed by atoms with Gasteiger partial charge in [-0.05, 0) is 36.4 Å². The van der Waals surface area contributed by atoms with Crippen LogP contribution in [0.1, 0.15) is 6.42 Å². The van der Waals surface area contributed by atoms with Gasteiger partial charge >= 0.3 is 0 Å². The second kappa shape index (κ2) is 10.8. The molecular formula is C25H32FN7O3. The van der Waals surface area contributed by atoms with Gasteiger partial charge in [-0.2, -0.15) is 0 Å². The van der Waals surface area contributed by atoms with E-state index in [-0.39, 0.29) is 36.6 Å². The quantitative estimate of drug-likeness (QED) is 0.614. The summed E-state index contributed by atoms with van der Waals surface area (Å²) in [6.45, 7) is 7.16. The highest BCUT2D eigenvalue weighted by molar-refractivity contribution is 6.00. The Hall–Kier alpha value is -3.31. The van der Waals surface area contributed by atoms with E-state index >= 15 is 0 Å². The fourth-order valence-electron chi connectivity index (χ4n) is 5.16. The summed E-state index contributed by atoms with van der Waals surface area (Å²) in [5, 5.41) is 18.0. The maximum absolute atomic E-state index is 13.2. The van der Waals surface area contributed by atoms with Gasteiger partial charge in [-0.25, -0.2) is 4.39 Å². The standard InChI is InChI=1S/C25H32FN7O3/c26-20-1-3-21(4-2-20)33-18-19(17-24(33)35)25(36)32-13-11-31(12-14-32)23-6-5-22(27-28-23)30-9-7-29(8-10-30)15-16-34/h1-6,19,34H,7-18H2. The first kappa shape index (κ1) is 24.4. The van der Waals surface area contributed by atoms with Crippen LogP contribution in [0.2, 0.25) is 0 Å². The second-order valence-electron chi connectivity index (χ2n) is 9.50. The molecule has 11 heteroatoms. The molecule has 0 radical (unpaired) electrons. The zero-order valence-electron chi connectivity index (χ0n) is 20.3. The van der Waals surface area contributed by atoms with Crippen molar-refractivity contribution < 1.29 is 19.1 Å². The van der Waals surface area contributed by atoms with Crippen molar-refractivity contribution in [3.8, 4) is 0 Å². The number of nitrogens with zero attached hydrogens (tertiary/aromatic N) is 7. The third-order valence-electron chi connectivity index (χ3n) is 7.28. The van der Waals surface area contributed by atoms with E-state index in [0.29, 0.717) is 45.0 Å². The molecule has 3 fully saturated rings. The third kappa shape index (κ3) is 5.26. The maximum atomic E-state index is 13.2. The summed E-state index contributed by atoms with van der Waals surface area (Å²) in [5.74, 6) is 0.799. The normalized spacial score (nSPS) is 21.4.